The van der Waals surface area contributed by atoms with Crippen LogP contribution in [-0.2, 0) is 24.3 Å². The molecular formula is C10H17F2NO5S. The Labute approximate surface area is 110 Å². The van der Waals surface area contributed by atoms with Crippen LogP contribution >= 0.6 is 0 Å². The van der Waals surface area contributed by atoms with Crippen molar-refractivity contribution < 1.29 is 31.5 Å². The number of hydrogen-bond donors (Lipinski definition) is 1. The second-order valence-electron chi connectivity index (χ2n) is 4.79. The predicted molar refractivity (Wildman–Crippen MR) is 63.0 cm³/mol. The largest absolute Gasteiger partial charge is 0.437 e. The normalized spacial score (nSPS) is 13.1. The maximum absolute atomic E-state index is 13.3. The summed E-state index contributed by atoms with van der Waals surface area (Å²) in [7, 11) is -4.21. The van der Waals surface area contributed by atoms with Crippen LogP contribution in [0.25, 0.3) is 0 Å². The minimum absolute atomic E-state index is 0.0377. The SMILES string of the molecule is CC(C)(C)OC(F)(F)C(=O)NS(=O)(=O)CCCC=O. The standard InChI is InChI=1S/C10H17F2NO5S/c1-9(2,3)18-10(11,12)8(15)13-19(16,17)7-5-4-6-14/h6H,4-5,7H2,1-3H3,(H,13,15). The Morgan fingerprint density at radius 3 is 2.26 bits per heavy atom. The van der Waals surface area contributed by atoms with Crippen molar-refractivity contribution >= 4 is 22.2 Å². The van der Waals surface area contributed by atoms with E-state index in [0.717, 1.165) is 0 Å². The summed E-state index contributed by atoms with van der Waals surface area (Å²) >= 11 is 0. The van der Waals surface area contributed by atoms with Crippen molar-refractivity contribution in [1.82, 2.24) is 4.72 Å². The first kappa shape index (κ1) is 17.9. The van der Waals surface area contributed by atoms with Crippen molar-refractivity contribution in [2.45, 2.75) is 45.3 Å². The van der Waals surface area contributed by atoms with Gasteiger partial charge in [0.15, 0.2) is 0 Å². The molecule has 0 aromatic carbocycles. The monoisotopic (exact) mass is 301 g/mol. The number of unbranched alkanes of at least 4 members (excludes halogenated alkanes) is 1. The van der Waals surface area contributed by atoms with Crippen LogP contribution in [0.15, 0.2) is 0 Å². The van der Waals surface area contributed by atoms with Gasteiger partial charge in [-0.3, -0.25) is 4.79 Å². The third kappa shape index (κ3) is 7.83. The number of sulfonamides is 1. The molecule has 0 atom stereocenters. The fourth-order valence-corrected chi connectivity index (χ4v) is 2.09. The van der Waals surface area contributed by atoms with Gasteiger partial charge in [0.05, 0.1) is 11.4 Å². The zero-order valence-corrected chi connectivity index (χ0v) is 11.7. The third-order valence-corrected chi connectivity index (χ3v) is 3.00. The van der Waals surface area contributed by atoms with Gasteiger partial charge in [-0.1, -0.05) is 0 Å². The topological polar surface area (TPSA) is 89.5 Å². The Balaban J connectivity index is 4.63. The van der Waals surface area contributed by atoms with Crippen LogP contribution in [0.1, 0.15) is 33.6 Å². The van der Waals surface area contributed by atoms with E-state index >= 15 is 0 Å². The first-order valence-corrected chi connectivity index (χ1v) is 7.11. The molecule has 0 aliphatic heterocycles. The minimum atomic E-state index is -4.25. The second-order valence-corrected chi connectivity index (χ2v) is 6.63. The molecule has 0 aromatic rings. The number of aldehydes is 1. The lowest BCUT2D eigenvalue weighted by molar-refractivity contribution is -0.266. The molecule has 0 saturated heterocycles. The van der Waals surface area contributed by atoms with E-state index in [1.807, 2.05) is 0 Å². The number of amides is 1. The van der Waals surface area contributed by atoms with Crippen LogP contribution in [0.2, 0.25) is 0 Å². The lowest BCUT2D eigenvalue weighted by atomic mass is 10.2. The van der Waals surface area contributed by atoms with Crippen LogP contribution in [-0.4, -0.2) is 38.1 Å². The van der Waals surface area contributed by atoms with Gasteiger partial charge >= 0.3 is 12.0 Å². The predicted octanol–water partition coefficient (Wildman–Crippen LogP) is 0.819. The van der Waals surface area contributed by atoms with Gasteiger partial charge in [-0.2, -0.15) is 8.78 Å². The molecule has 0 aliphatic carbocycles. The molecule has 0 unspecified atom stereocenters. The summed E-state index contributed by atoms with van der Waals surface area (Å²) in [5.41, 5.74) is -1.32. The smallest absolute Gasteiger partial charge is 0.307 e. The highest BCUT2D eigenvalue weighted by molar-refractivity contribution is 7.90. The molecule has 0 bridgehead atoms. The van der Waals surface area contributed by atoms with Gasteiger partial charge in [0.2, 0.25) is 10.0 Å². The molecule has 0 aliphatic rings. The van der Waals surface area contributed by atoms with E-state index in [0.29, 0.717) is 6.29 Å². The Morgan fingerprint density at radius 1 is 1.32 bits per heavy atom. The number of rotatable bonds is 7. The van der Waals surface area contributed by atoms with Crippen LogP contribution in [0.5, 0.6) is 0 Å². The van der Waals surface area contributed by atoms with E-state index in [1.165, 1.54) is 25.5 Å². The molecule has 0 aromatic heterocycles. The Hall–Kier alpha value is -1.09. The Kier molecular flexibility index (Phi) is 6.01. The van der Waals surface area contributed by atoms with Crippen molar-refractivity contribution in [2.24, 2.45) is 0 Å². The lowest BCUT2D eigenvalue weighted by Gasteiger charge is -2.25. The molecular weight excluding hydrogens is 284 g/mol. The number of alkyl halides is 2. The van der Waals surface area contributed by atoms with Crippen molar-refractivity contribution in [3.05, 3.63) is 0 Å². The first-order valence-electron chi connectivity index (χ1n) is 5.46. The van der Waals surface area contributed by atoms with Crippen molar-refractivity contribution in [3.63, 3.8) is 0 Å². The second kappa shape index (κ2) is 6.38. The number of hydrogen-bond acceptors (Lipinski definition) is 5. The third-order valence-electron chi connectivity index (χ3n) is 1.68. The van der Waals surface area contributed by atoms with Crippen LogP contribution in [0.4, 0.5) is 8.78 Å². The minimum Gasteiger partial charge on any atom is -0.307 e. The fraction of sp³-hybridized carbons (Fsp3) is 0.800. The van der Waals surface area contributed by atoms with E-state index in [-0.39, 0.29) is 12.8 Å². The molecule has 0 fully saturated rings. The molecule has 112 valence electrons. The maximum atomic E-state index is 13.3. The van der Waals surface area contributed by atoms with Gasteiger partial charge in [0.1, 0.15) is 6.29 Å². The van der Waals surface area contributed by atoms with E-state index in [1.54, 1.807) is 0 Å². The summed E-state index contributed by atoms with van der Waals surface area (Å²) in [4.78, 5) is 21.2. The van der Waals surface area contributed by atoms with E-state index in [2.05, 4.69) is 4.74 Å². The zero-order chi connectivity index (χ0) is 15.3. The van der Waals surface area contributed by atoms with E-state index in [9.17, 15) is 26.8 Å². The van der Waals surface area contributed by atoms with Gasteiger partial charge in [-0.15, -0.1) is 0 Å². The molecule has 1 N–H and O–H groups in total. The molecule has 1 amide bonds. The highest BCUT2D eigenvalue weighted by Crippen LogP contribution is 2.23. The number of carbonyl (C=O) groups is 2. The summed E-state index contributed by atoms with van der Waals surface area (Å²) in [5.74, 6) is -2.64. The molecule has 19 heavy (non-hydrogen) atoms. The highest BCUT2D eigenvalue weighted by Gasteiger charge is 2.45. The zero-order valence-electron chi connectivity index (χ0n) is 10.9. The number of carbonyl (C=O) groups excluding carboxylic acids is 2. The average Bonchev–Trinajstić information content (AvgIpc) is 2.13. The average molecular weight is 301 g/mol. The molecule has 0 saturated carbocycles. The first-order chi connectivity index (χ1) is 8.40. The Morgan fingerprint density at radius 2 is 1.84 bits per heavy atom. The molecule has 9 heteroatoms. The lowest BCUT2D eigenvalue weighted by Crippen LogP contribution is -2.48. The summed E-state index contributed by atoms with van der Waals surface area (Å²) in [6.45, 7) is 3.90. The summed E-state index contributed by atoms with van der Waals surface area (Å²) in [5, 5.41) is 0. The van der Waals surface area contributed by atoms with Crippen molar-refractivity contribution in [2.75, 3.05) is 5.75 Å². The molecule has 0 radical (unpaired) electrons. The molecule has 0 spiro atoms. The van der Waals surface area contributed by atoms with E-state index in [4.69, 9.17) is 0 Å². The fourth-order valence-electron chi connectivity index (χ4n) is 1.04. The van der Waals surface area contributed by atoms with Gasteiger partial charge in [-0.25, -0.2) is 13.1 Å². The van der Waals surface area contributed by atoms with Gasteiger partial charge in [0, 0.05) is 6.42 Å². The molecule has 0 rings (SSSR count). The molecule has 0 heterocycles. The van der Waals surface area contributed by atoms with Crippen molar-refractivity contribution in [1.29, 1.82) is 0 Å². The van der Waals surface area contributed by atoms with Crippen LogP contribution < -0.4 is 4.72 Å². The summed E-state index contributed by atoms with van der Waals surface area (Å²) in [6, 6.07) is 0. The number of nitrogens with one attached hydrogen (secondary N) is 1. The van der Waals surface area contributed by atoms with Gasteiger partial charge < -0.3 is 9.53 Å². The van der Waals surface area contributed by atoms with Crippen LogP contribution in [0.3, 0.4) is 0 Å². The van der Waals surface area contributed by atoms with Gasteiger partial charge in [-0.05, 0) is 27.2 Å². The summed E-state index contributed by atoms with van der Waals surface area (Å²) < 4.78 is 54.5. The number of ether oxygens (including phenoxy) is 1. The van der Waals surface area contributed by atoms with Crippen LogP contribution in [0, 0.1) is 0 Å². The highest BCUT2D eigenvalue weighted by atomic mass is 32.2. The van der Waals surface area contributed by atoms with Crippen molar-refractivity contribution in [3.8, 4) is 0 Å². The quantitative estimate of drug-likeness (QED) is 0.555. The number of halogens is 2. The maximum Gasteiger partial charge on any atom is 0.437 e. The van der Waals surface area contributed by atoms with E-state index < -0.39 is 33.4 Å². The summed E-state index contributed by atoms with van der Waals surface area (Å²) in [6.07, 6.45) is -3.85. The Bertz CT molecular complexity index is 428. The molecule has 6 nitrogen and oxygen atoms in total. The van der Waals surface area contributed by atoms with Gasteiger partial charge in [0.25, 0.3) is 0 Å².